The Morgan fingerprint density at radius 1 is 0.653 bits per heavy atom. The van der Waals surface area contributed by atoms with E-state index in [4.69, 9.17) is 9.47 Å². The van der Waals surface area contributed by atoms with E-state index in [9.17, 15) is 9.59 Å². The highest BCUT2D eigenvalue weighted by atomic mass is 16.5. The second-order valence-electron chi connectivity index (χ2n) is 17.0. The fourth-order valence-electron chi connectivity index (χ4n) is 7.92. The second-order valence-corrected chi connectivity index (χ2v) is 17.0. The van der Waals surface area contributed by atoms with E-state index in [1.807, 2.05) is 0 Å². The molecule has 0 radical (unpaired) electrons. The molecule has 1 fully saturated rings. The number of carbonyl (C=O) groups excluding carboxylic acids is 2. The maximum absolute atomic E-state index is 13.9. The molecule has 0 aromatic heterocycles. The lowest BCUT2D eigenvalue weighted by Crippen LogP contribution is -2.55. The summed E-state index contributed by atoms with van der Waals surface area (Å²) in [6, 6.07) is 0.400. The molecule has 0 N–H and O–H groups in total. The monoisotopic (exact) mass is 692 g/mol. The van der Waals surface area contributed by atoms with Gasteiger partial charge in [0.25, 0.3) is 0 Å². The van der Waals surface area contributed by atoms with Crippen LogP contribution in [0.3, 0.4) is 0 Å². The van der Waals surface area contributed by atoms with Gasteiger partial charge in [-0.2, -0.15) is 0 Å². The summed E-state index contributed by atoms with van der Waals surface area (Å²) in [6.45, 7) is 17.2. The molecular weight excluding hydrogens is 606 g/mol. The zero-order valence-corrected chi connectivity index (χ0v) is 34.3. The second kappa shape index (κ2) is 27.5. The standard InChI is InChI=1S/C44H85NO4/c1-9-12-15-17-18-21-25-32-39(49-42(47)44(6,7)43(4,5)40-34-27-28-35-45(40)8)33-26-22-19-20-23-29-36-48-41(46)37-38(30-14-11-3)31-24-16-13-10-2/h38-40H,9-37H2,1-8H3. The van der Waals surface area contributed by atoms with E-state index in [0.717, 1.165) is 57.9 Å². The molecule has 0 bridgehead atoms. The number of hydrogen-bond donors (Lipinski definition) is 0. The molecule has 0 aromatic carbocycles. The Morgan fingerprint density at radius 2 is 1.14 bits per heavy atom. The van der Waals surface area contributed by atoms with Gasteiger partial charge in [-0.1, -0.05) is 144 Å². The summed E-state index contributed by atoms with van der Waals surface area (Å²) in [5, 5.41) is 0. The highest BCUT2D eigenvalue weighted by Crippen LogP contribution is 2.47. The number of nitrogens with zero attached hydrogens (tertiary/aromatic N) is 1. The van der Waals surface area contributed by atoms with Crippen LogP contribution in [0.25, 0.3) is 0 Å². The van der Waals surface area contributed by atoms with E-state index in [0.29, 0.717) is 25.0 Å². The summed E-state index contributed by atoms with van der Waals surface area (Å²) in [5.74, 6) is 0.497. The van der Waals surface area contributed by atoms with Crippen LogP contribution < -0.4 is 0 Å². The largest absolute Gasteiger partial charge is 0.466 e. The van der Waals surface area contributed by atoms with Gasteiger partial charge in [-0.05, 0) is 96.6 Å². The minimum absolute atomic E-state index is 0.00727. The van der Waals surface area contributed by atoms with E-state index >= 15 is 0 Å². The molecule has 5 nitrogen and oxygen atoms in total. The van der Waals surface area contributed by atoms with Crippen LogP contribution in [0.15, 0.2) is 0 Å². The fourth-order valence-corrected chi connectivity index (χ4v) is 7.92. The van der Waals surface area contributed by atoms with Crippen molar-refractivity contribution in [2.75, 3.05) is 20.2 Å². The average molecular weight is 692 g/mol. The first-order chi connectivity index (χ1) is 23.5. The van der Waals surface area contributed by atoms with Gasteiger partial charge in [-0.15, -0.1) is 0 Å². The lowest BCUT2D eigenvalue weighted by atomic mass is 9.62. The van der Waals surface area contributed by atoms with Gasteiger partial charge in [0.15, 0.2) is 0 Å². The summed E-state index contributed by atoms with van der Waals surface area (Å²) in [4.78, 5) is 28.9. The molecule has 0 amide bonds. The first-order valence-corrected chi connectivity index (χ1v) is 21.6. The van der Waals surface area contributed by atoms with E-state index in [-0.39, 0.29) is 23.5 Å². The molecule has 0 aliphatic carbocycles. The van der Waals surface area contributed by atoms with Crippen LogP contribution in [-0.4, -0.2) is 49.2 Å². The predicted octanol–water partition coefficient (Wildman–Crippen LogP) is 13.0. The van der Waals surface area contributed by atoms with Gasteiger partial charge in [-0.25, -0.2) is 0 Å². The van der Waals surface area contributed by atoms with Crippen LogP contribution in [0.5, 0.6) is 0 Å². The number of carbonyl (C=O) groups is 2. The number of rotatable bonds is 31. The Morgan fingerprint density at radius 3 is 1.71 bits per heavy atom. The van der Waals surface area contributed by atoms with Crippen LogP contribution in [0, 0.1) is 16.7 Å². The molecule has 0 saturated carbocycles. The van der Waals surface area contributed by atoms with Crippen molar-refractivity contribution in [3.8, 4) is 0 Å². The maximum Gasteiger partial charge on any atom is 0.312 e. The van der Waals surface area contributed by atoms with Crippen molar-refractivity contribution < 1.29 is 19.1 Å². The van der Waals surface area contributed by atoms with E-state index in [2.05, 4.69) is 60.4 Å². The number of unbranched alkanes of at least 4 members (excludes halogenated alkanes) is 15. The van der Waals surface area contributed by atoms with E-state index in [1.165, 1.54) is 116 Å². The quantitative estimate of drug-likeness (QED) is 0.0535. The number of piperidine rings is 1. The van der Waals surface area contributed by atoms with Crippen LogP contribution in [0.2, 0.25) is 0 Å². The molecule has 1 saturated heterocycles. The molecule has 49 heavy (non-hydrogen) atoms. The third kappa shape index (κ3) is 19.4. The Labute approximate surface area is 306 Å². The molecule has 3 unspecified atom stereocenters. The molecule has 1 aliphatic heterocycles. The first kappa shape index (κ1) is 45.9. The molecule has 0 aromatic rings. The van der Waals surface area contributed by atoms with Crippen molar-refractivity contribution in [2.45, 2.75) is 234 Å². The van der Waals surface area contributed by atoms with Crippen molar-refractivity contribution in [1.82, 2.24) is 4.90 Å². The SMILES string of the molecule is CCCCCCCCCC(CCCCCCCCOC(=O)CC(CCCC)CCCCCC)OC(=O)C(C)(C)C(C)(C)C1CCCCN1C. The Bertz CT molecular complexity index is 824. The molecule has 1 heterocycles. The number of esters is 2. The first-order valence-electron chi connectivity index (χ1n) is 21.6. The van der Waals surface area contributed by atoms with Gasteiger partial charge in [0.05, 0.1) is 12.0 Å². The van der Waals surface area contributed by atoms with Crippen molar-refractivity contribution in [3.63, 3.8) is 0 Å². The number of likely N-dealkylation sites (tertiary alicyclic amines) is 1. The summed E-state index contributed by atoms with van der Waals surface area (Å²) >= 11 is 0. The average Bonchev–Trinajstić information content (AvgIpc) is 3.07. The van der Waals surface area contributed by atoms with Crippen LogP contribution >= 0.6 is 0 Å². The highest BCUT2D eigenvalue weighted by Gasteiger charge is 2.50. The van der Waals surface area contributed by atoms with Gasteiger partial charge in [0.2, 0.25) is 0 Å². The van der Waals surface area contributed by atoms with Crippen molar-refractivity contribution in [2.24, 2.45) is 16.7 Å². The van der Waals surface area contributed by atoms with Crippen molar-refractivity contribution in [1.29, 1.82) is 0 Å². The molecule has 290 valence electrons. The number of hydrogen-bond acceptors (Lipinski definition) is 5. The Kier molecular flexibility index (Phi) is 25.8. The predicted molar refractivity (Wildman–Crippen MR) is 210 cm³/mol. The van der Waals surface area contributed by atoms with Crippen molar-refractivity contribution in [3.05, 3.63) is 0 Å². The highest BCUT2D eigenvalue weighted by molar-refractivity contribution is 5.77. The summed E-state index contributed by atoms with van der Waals surface area (Å²) in [7, 11) is 2.23. The topological polar surface area (TPSA) is 55.8 Å². The Balaban J connectivity index is 2.47. The summed E-state index contributed by atoms with van der Waals surface area (Å²) in [6.07, 6.45) is 31.7. The van der Waals surface area contributed by atoms with Crippen LogP contribution in [0.1, 0.15) is 222 Å². The lowest BCUT2D eigenvalue weighted by molar-refractivity contribution is -0.171. The normalized spacial score (nSPS) is 17.2. The minimum Gasteiger partial charge on any atom is -0.466 e. The number of ether oxygens (including phenoxy) is 2. The zero-order valence-electron chi connectivity index (χ0n) is 34.3. The van der Waals surface area contributed by atoms with Gasteiger partial charge in [-0.3, -0.25) is 9.59 Å². The van der Waals surface area contributed by atoms with Gasteiger partial charge < -0.3 is 14.4 Å². The minimum atomic E-state index is -0.545. The van der Waals surface area contributed by atoms with Gasteiger partial charge in [0, 0.05) is 12.5 Å². The fraction of sp³-hybridized carbons (Fsp3) is 0.955. The Hall–Kier alpha value is -1.10. The summed E-state index contributed by atoms with van der Waals surface area (Å²) in [5.41, 5.74) is -0.710. The molecule has 3 atom stereocenters. The molecule has 1 rings (SSSR count). The molecule has 5 heteroatoms. The third-order valence-electron chi connectivity index (χ3n) is 12.2. The van der Waals surface area contributed by atoms with E-state index in [1.54, 1.807) is 0 Å². The molecule has 1 aliphatic rings. The zero-order chi connectivity index (χ0) is 36.4. The van der Waals surface area contributed by atoms with Gasteiger partial charge >= 0.3 is 11.9 Å². The summed E-state index contributed by atoms with van der Waals surface area (Å²) < 4.78 is 12.1. The molecule has 0 spiro atoms. The van der Waals surface area contributed by atoms with Crippen LogP contribution in [-0.2, 0) is 19.1 Å². The maximum atomic E-state index is 13.9. The van der Waals surface area contributed by atoms with Crippen LogP contribution in [0.4, 0.5) is 0 Å². The van der Waals surface area contributed by atoms with E-state index < -0.39 is 5.41 Å². The third-order valence-corrected chi connectivity index (χ3v) is 12.2. The van der Waals surface area contributed by atoms with Crippen molar-refractivity contribution >= 4 is 11.9 Å². The smallest absolute Gasteiger partial charge is 0.312 e. The van der Waals surface area contributed by atoms with Gasteiger partial charge in [0.1, 0.15) is 6.10 Å². The molecular formula is C44H85NO4. The lowest BCUT2D eigenvalue weighted by Gasteiger charge is -2.50.